The molecule has 0 atom stereocenters. The molecule has 1 aliphatic rings. The average Bonchev–Trinajstić information content (AvgIpc) is 3.46. The van der Waals surface area contributed by atoms with E-state index in [2.05, 4.69) is 30.9 Å². The maximum absolute atomic E-state index is 13.7. The van der Waals surface area contributed by atoms with Gasteiger partial charge in [0.15, 0.2) is 22.2 Å². The van der Waals surface area contributed by atoms with Crippen LogP contribution in [0.1, 0.15) is 28.1 Å². The van der Waals surface area contributed by atoms with E-state index in [1.807, 2.05) is 18.2 Å². The molecule has 1 fully saturated rings. The predicted octanol–water partition coefficient (Wildman–Crippen LogP) is 5.04. The maximum Gasteiger partial charge on any atom is 0.295 e. The molecule has 2 aromatic carbocycles. The molecule has 3 heterocycles. The summed E-state index contributed by atoms with van der Waals surface area (Å²) in [6, 6.07) is 11.7. The van der Waals surface area contributed by atoms with Crippen molar-refractivity contribution in [2.45, 2.75) is 20.3 Å². The number of amides is 1. The number of aryl methyl sites for hydroxylation is 2. The number of carbonyl (C=O) groups is 1. The fourth-order valence-electron chi connectivity index (χ4n) is 4.28. The standard InChI is InChI=1S/C26H29N3O4S/c1-17-14-20-23(15-18(17)2)34-26(27-20)29(9-5-8-28-10-12-32-13-11-28)25(30)22-16-19-6-4-7-21(31-3)24(19)33-22/h4,6-7,14-16H,5,8-13H2,1-3H3. The molecule has 2 aromatic heterocycles. The largest absolute Gasteiger partial charge is 0.493 e. The lowest BCUT2D eigenvalue weighted by atomic mass is 10.1. The fraction of sp³-hybridized carbons (Fsp3) is 0.385. The SMILES string of the molecule is COc1cccc2cc(C(=O)N(CCCN3CCOCC3)c3nc4cc(C)c(C)cc4s3)oc12. The Morgan fingerprint density at radius 3 is 2.76 bits per heavy atom. The van der Waals surface area contributed by atoms with Gasteiger partial charge in [-0.2, -0.15) is 0 Å². The van der Waals surface area contributed by atoms with Gasteiger partial charge in [-0.25, -0.2) is 4.98 Å². The average molecular weight is 480 g/mol. The Balaban J connectivity index is 1.46. The molecular formula is C26H29N3O4S. The van der Waals surface area contributed by atoms with Crippen molar-refractivity contribution >= 4 is 43.6 Å². The highest BCUT2D eigenvalue weighted by atomic mass is 32.1. The summed E-state index contributed by atoms with van der Waals surface area (Å²) in [5.41, 5.74) is 3.91. The number of hydrogen-bond acceptors (Lipinski definition) is 7. The minimum atomic E-state index is -0.187. The van der Waals surface area contributed by atoms with Crippen molar-refractivity contribution in [3.05, 3.63) is 53.3 Å². The first-order chi connectivity index (χ1) is 16.5. The van der Waals surface area contributed by atoms with Gasteiger partial charge in [0.2, 0.25) is 0 Å². The summed E-state index contributed by atoms with van der Waals surface area (Å²) in [5, 5.41) is 1.53. The van der Waals surface area contributed by atoms with E-state index in [1.54, 1.807) is 29.4 Å². The van der Waals surface area contributed by atoms with E-state index in [1.165, 1.54) is 11.1 Å². The number of aromatic nitrogens is 1. The summed E-state index contributed by atoms with van der Waals surface area (Å²) in [6.45, 7) is 9.03. The molecule has 1 saturated heterocycles. The van der Waals surface area contributed by atoms with Gasteiger partial charge in [0.1, 0.15) is 0 Å². The first-order valence-corrected chi connectivity index (χ1v) is 12.4. The maximum atomic E-state index is 13.7. The van der Waals surface area contributed by atoms with E-state index in [0.717, 1.165) is 54.9 Å². The Hall–Kier alpha value is -2.94. The van der Waals surface area contributed by atoms with Gasteiger partial charge in [0.25, 0.3) is 5.91 Å². The number of para-hydroxylation sites is 1. The molecule has 0 aliphatic carbocycles. The summed E-state index contributed by atoms with van der Waals surface area (Å²) in [7, 11) is 1.60. The Morgan fingerprint density at radius 2 is 1.97 bits per heavy atom. The fourth-order valence-corrected chi connectivity index (χ4v) is 5.35. The van der Waals surface area contributed by atoms with Crippen molar-refractivity contribution in [2.24, 2.45) is 0 Å². The topological polar surface area (TPSA) is 68.0 Å². The van der Waals surface area contributed by atoms with Gasteiger partial charge in [0.05, 0.1) is 30.5 Å². The smallest absolute Gasteiger partial charge is 0.295 e. The molecule has 4 aromatic rings. The van der Waals surface area contributed by atoms with Gasteiger partial charge in [-0.3, -0.25) is 14.6 Å². The second-order valence-corrected chi connectivity index (χ2v) is 9.66. The first-order valence-electron chi connectivity index (χ1n) is 11.6. The summed E-state index contributed by atoms with van der Waals surface area (Å²) >= 11 is 1.55. The van der Waals surface area contributed by atoms with Crippen LogP contribution < -0.4 is 9.64 Å². The van der Waals surface area contributed by atoms with Crippen molar-refractivity contribution < 1.29 is 18.7 Å². The molecule has 34 heavy (non-hydrogen) atoms. The Bertz CT molecular complexity index is 1280. The van der Waals surface area contributed by atoms with Crippen molar-refractivity contribution in [1.29, 1.82) is 0 Å². The molecule has 0 saturated carbocycles. The molecule has 7 nitrogen and oxygen atoms in total. The summed E-state index contributed by atoms with van der Waals surface area (Å²) in [4.78, 5) is 22.7. The van der Waals surface area contributed by atoms with Crippen molar-refractivity contribution in [3.8, 4) is 5.75 Å². The third kappa shape index (κ3) is 4.53. The number of rotatable bonds is 7. The van der Waals surface area contributed by atoms with Crippen LogP contribution in [0, 0.1) is 13.8 Å². The highest BCUT2D eigenvalue weighted by molar-refractivity contribution is 7.22. The number of benzene rings is 2. The minimum absolute atomic E-state index is 0.187. The number of ether oxygens (including phenoxy) is 2. The number of morpholine rings is 1. The second-order valence-electron chi connectivity index (χ2n) is 8.65. The van der Waals surface area contributed by atoms with Crippen LogP contribution in [-0.2, 0) is 4.74 Å². The van der Waals surface area contributed by atoms with Gasteiger partial charge in [-0.15, -0.1) is 0 Å². The molecule has 1 amide bonds. The van der Waals surface area contributed by atoms with Crippen LogP contribution in [0.5, 0.6) is 5.75 Å². The number of carbonyl (C=O) groups excluding carboxylic acids is 1. The van der Waals surface area contributed by atoms with Crippen LogP contribution in [0.15, 0.2) is 40.8 Å². The molecule has 0 bridgehead atoms. The van der Waals surface area contributed by atoms with E-state index in [0.29, 0.717) is 23.0 Å². The molecule has 0 spiro atoms. The predicted molar refractivity (Wildman–Crippen MR) is 135 cm³/mol. The summed E-state index contributed by atoms with van der Waals surface area (Å²) < 4.78 is 17.9. The zero-order valence-electron chi connectivity index (χ0n) is 19.8. The zero-order chi connectivity index (χ0) is 23.7. The van der Waals surface area contributed by atoms with E-state index in [9.17, 15) is 4.79 Å². The van der Waals surface area contributed by atoms with E-state index < -0.39 is 0 Å². The monoisotopic (exact) mass is 479 g/mol. The van der Waals surface area contributed by atoms with Gasteiger partial charge < -0.3 is 13.9 Å². The molecule has 5 rings (SSSR count). The molecule has 0 N–H and O–H groups in total. The van der Waals surface area contributed by atoms with Gasteiger partial charge >= 0.3 is 0 Å². The molecular weight excluding hydrogens is 450 g/mol. The number of anilines is 1. The Labute approximate surface area is 202 Å². The Morgan fingerprint density at radius 1 is 1.18 bits per heavy atom. The van der Waals surface area contributed by atoms with Gasteiger partial charge in [-0.05, 0) is 55.7 Å². The summed E-state index contributed by atoms with van der Waals surface area (Å²) in [5.74, 6) is 0.714. The lowest BCUT2D eigenvalue weighted by Crippen LogP contribution is -2.39. The van der Waals surface area contributed by atoms with Crippen LogP contribution in [0.2, 0.25) is 0 Å². The van der Waals surface area contributed by atoms with E-state index in [-0.39, 0.29) is 11.7 Å². The second kappa shape index (κ2) is 9.74. The van der Waals surface area contributed by atoms with E-state index in [4.69, 9.17) is 18.9 Å². The van der Waals surface area contributed by atoms with Gasteiger partial charge in [0, 0.05) is 31.6 Å². The number of nitrogens with zero attached hydrogens (tertiary/aromatic N) is 3. The number of thiazole rings is 1. The quantitative estimate of drug-likeness (QED) is 0.370. The third-order valence-corrected chi connectivity index (χ3v) is 7.41. The lowest BCUT2D eigenvalue weighted by Gasteiger charge is -2.27. The Kier molecular flexibility index (Phi) is 6.54. The zero-order valence-corrected chi connectivity index (χ0v) is 20.6. The van der Waals surface area contributed by atoms with Crippen molar-refractivity contribution in [2.75, 3.05) is 51.4 Å². The number of methoxy groups -OCH3 is 1. The summed E-state index contributed by atoms with van der Waals surface area (Å²) in [6.07, 6.45) is 0.837. The van der Waals surface area contributed by atoms with Gasteiger partial charge in [-0.1, -0.05) is 23.5 Å². The highest BCUT2D eigenvalue weighted by Gasteiger charge is 2.25. The molecule has 1 aliphatic heterocycles. The van der Waals surface area contributed by atoms with Crippen LogP contribution in [0.25, 0.3) is 21.2 Å². The van der Waals surface area contributed by atoms with Crippen LogP contribution >= 0.6 is 11.3 Å². The van der Waals surface area contributed by atoms with Crippen LogP contribution in [0.3, 0.4) is 0 Å². The van der Waals surface area contributed by atoms with Crippen molar-refractivity contribution in [1.82, 2.24) is 9.88 Å². The normalized spacial score (nSPS) is 14.7. The lowest BCUT2D eigenvalue weighted by molar-refractivity contribution is 0.0376. The number of fused-ring (bicyclic) bond motifs is 2. The molecule has 8 heteroatoms. The number of furan rings is 1. The van der Waals surface area contributed by atoms with E-state index >= 15 is 0 Å². The highest BCUT2D eigenvalue weighted by Crippen LogP contribution is 2.33. The van der Waals surface area contributed by atoms with Crippen LogP contribution in [-0.4, -0.2) is 62.3 Å². The molecule has 0 unspecified atom stereocenters. The van der Waals surface area contributed by atoms with Crippen LogP contribution in [0.4, 0.5) is 5.13 Å². The van der Waals surface area contributed by atoms with Crippen molar-refractivity contribution in [3.63, 3.8) is 0 Å². The minimum Gasteiger partial charge on any atom is -0.493 e. The molecule has 0 radical (unpaired) electrons. The first kappa shape index (κ1) is 22.8. The number of hydrogen-bond donors (Lipinski definition) is 0. The molecule has 178 valence electrons. The third-order valence-electron chi connectivity index (χ3n) is 6.37.